The van der Waals surface area contributed by atoms with Crippen LogP contribution in [0.3, 0.4) is 0 Å². The molecule has 16 rings (SSSR count). The first kappa shape index (κ1) is 80.2. The Balaban J connectivity index is 0.000000138. The maximum atomic E-state index is 13.5. The van der Waals surface area contributed by atoms with E-state index in [1.807, 2.05) is 115 Å². The number of fused-ring (bicyclic) bond motifs is 5. The fourth-order valence-electron chi connectivity index (χ4n) is 18.1. The van der Waals surface area contributed by atoms with Crippen LogP contribution in [0.15, 0.2) is 188 Å². The Bertz CT molecular complexity index is 5000. The molecular formula is C95H113N7O9. The van der Waals surface area contributed by atoms with Crippen molar-refractivity contribution < 1.29 is 38.9 Å². The number of aromatic hydroxyl groups is 1. The fraction of sp³-hybridized carbons (Fsp3) is 0.421. The number of unbranched alkanes of at least 4 members (excludes halogenated alkanes) is 9. The molecule has 4 aromatic heterocycles. The van der Waals surface area contributed by atoms with Crippen LogP contribution in [-0.2, 0) is 24.5 Å². The van der Waals surface area contributed by atoms with E-state index in [-0.39, 0.29) is 29.6 Å². The van der Waals surface area contributed by atoms with Gasteiger partial charge in [-0.15, -0.1) is 10.1 Å². The van der Waals surface area contributed by atoms with Crippen LogP contribution in [0, 0.1) is 40.7 Å². The minimum Gasteiger partial charge on any atom is -0.507 e. The number of methoxy groups -OCH3 is 1. The zero-order chi connectivity index (χ0) is 78.2. The summed E-state index contributed by atoms with van der Waals surface area (Å²) in [6.45, 7) is 19.9. The SMILES string of the molecule is CCCCCCC(C)C(C)c1cc(O)c2c(c1)OC(C)(C)C=C2c1ccncc1.CCCCCCn1c(C)c(C(=O)c2ccc(OC)cc2)c2ccccc21.CCCCCCn1cc(C(=O)c2cccc3ccccc23)c2ccccc21.O=C(NC12CC3CC(CC(C3)C1)C2)c1nn(CCCO[N+](=O)[O-])c2ccccc12. The second-order valence-corrected chi connectivity index (χ2v) is 32.1. The summed E-state index contributed by atoms with van der Waals surface area (Å²) in [6, 6.07) is 53.6. The molecule has 4 aliphatic carbocycles. The molecule has 4 fully saturated rings. The second kappa shape index (κ2) is 37.1. The molecule has 4 bridgehead atoms. The molecule has 2 unspecified atom stereocenters. The lowest BCUT2D eigenvalue weighted by Crippen LogP contribution is -2.59. The minimum atomic E-state index is -0.786. The number of aryl methyl sites for hydroxylation is 3. The van der Waals surface area contributed by atoms with Crippen LogP contribution in [-0.4, -0.2) is 76.4 Å². The number of hydrogen-bond donors (Lipinski definition) is 2. The van der Waals surface area contributed by atoms with Crippen LogP contribution in [0.2, 0.25) is 0 Å². The Labute approximate surface area is 655 Å². The van der Waals surface area contributed by atoms with Crippen molar-refractivity contribution in [1.82, 2.24) is 29.2 Å². The van der Waals surface area contributed by atoms with E-state index >= 15 is 0 Å². The van der Waals surface area contributed by atoms with Crippen LogP contribution in [0.4, 0.5) is 0 Å². The van der Waals surface area contributed by atoms with E-state index in [1.165, 1.54) is 89.9 Å². The molecule has 16 heteroatoms. The first-order chi connectivity index (χ1) is 53.8. The van der Waals surface area contributed by atoms with Crippen molar-refractivity contribution in [3.8, 4) is 17.2 Å². The summed E-state index contributed by atoms with van der Waals surface area (Å²) < 4.78 is 17.8. The minimum absolute atomic E-state index is 0.00991. The highest BCUT2D eigenvalue weighted by Crippen LogP contribution is 2.56. The average Bonchev–Trinajstić information content (AvgIpc) is 1.39. The molecule has 2 N–H and O–H groups in total. The highest BCUT2D eigenvalue weighted by Gasteiger charge is 2.52. The van der Waals surface area contributed by atoms with E-state index in [0.717, 1.165) is 163 Å². The molecule has 1 amide bonds. The van der Waals surface area contributed by atoms with Crippen molar-refractivity contribution in [1.29, 1.82) is 0 Å². The van der Waals surface area contributed by atoms with Gasteiger partial charge in [-0.25, -0.2) is 0 Å². The lowest BCUT2D eigenvalue weighted by molar-refractivity contribution is -0.757. The third-order valence-corrected chi connectivity index (χ3v) is 23.5. The van der Waals surface area contributed by atoms with Crippen molar-refractivity contribution in [3.05, 3.63) is 249 Å². The number of amides is 1. The molecule has 16 nitrogen and oxygen atoms in total. The average molecular weight is 1500 g/mol. The first-order valence-corrected chi connectivity index (χ1v) is 40.9. The topological polar surface area (TPSA) is 195 Å². The van der Waals surface area contributed by atoms with E-state index in [1.54, 1.807) is 24.2 Å². The number of ketones is 2. The number of nitrogens with zero attached hydrogens (tertiary/aromatic N) is 6. The van der Waals surface area contributed by atoms with Gasteiger partial charge in [-0.2, -0.15) is 5.10 Å². The quantitative estimate of drug-likeness (QED) is 0.0188. The summed E-state index contributed by atoms with van der Waals surface area (Å²) in [7, 11) is 1.63. The maximum Gasteiger partial charge on any atom is 0.294 e. The van der Waals surface area contributed by atoms with Gasteiger partial charge in [0, 0.05) is 93.3 Å². The summed E-state index contributed by atoms with van der Waals surface area (Å²) in [4.78, 5) is 58.8. The number of benzene rings is 7. The number of aromatic nitrogens is 5. The number of carbonyl (C=O) groups is 3. The van der Waals surface area contributed by atoms with Gasteiger partial charge in [0.15, 0.2) is 17.3 Å². The Hall–Kier alpha value is -10.3. The van der Waals surface area contributed by atoms with Gasteiger partial charge < -0.3 is 33.9 Å². The molecule has 0 radical (unpaired) electrons. The molecule has 0 spiro atoms. The summed E-state index contributed by atoms with van der Waals surface area (Å²) in [5.74, 6) is 5.13. The second-order valence-electron chi connectivity index (χ2n) is 32.1. The monoisotopic (exact) mass is 1500 g/mol. The predicted molar refractivity (Wildman–Crippen MR) is 447 cm³/mol. The summed E-state index contributed by atoms with van der Waals surface area (Å²) in [5.41, 5.74) is 11.2. The Morgan fingerprint density at radius 3 is 1.90 bits per heavy atom. The number of rotatable bonds is 30. The lowest BCUT2D eigenvalue weighted by atomic mass is 9.53. The molecule has 5 heterocycles. The van der Waals surface area contributed by atoms with Crippen LogP contribution < -0.4 is 14.8 Å². The summed E-state index contributed by atoms with van der Waals surface area (Å²) in [5, 5.41) is 33.5. The lowest BCUT2D eigenvalue weighted by Gasteiger charge is -2.56. The number of pyridine rings is 1. The Morgan fingerprint density at radius 2 is 1.24 bits per heavy atom. The van der Waals surface area contributed by atoms with Gasteiger partial charge in [0.1, 0.15) is 22.8 Å². The van der Waals surface area contributed by atoms with Crippen molar-refractivity contribution >= 4 is 66.5 Å². The molecule has 1 aliphatic heterocycles. The van der Waals surface area contributed by atoms with E-state index in [4.69, 9.17) is 9.47 Å². The molecule has 111 heavy (non-hydrogen) atoms. The van der Waals surface area contributed by atoms with Gasteiger partial charge in [-0.3, -0.25) is 24.0 Å². The van der Waals surface area contributed by atoms with E-state index in [0.29, 0.717) is 41.8 Å². The molecular weight excluding hydrogens is 1380 g/mol. The normalized spacial score (nSPS) is 17.6. The van der Waals surface area contributed by atoms with E-state index in [2.05, 4.69) is 146 Å². The number of hydrogen-bond acceptors (Lipinski definition) is 11. The molecule has 582 valence electrons. The third-order valence-electron chi connectivity index (χ3n) is 23.5. The zero-order valence-electron chi connectivity index (χ0n) is 66.7. The summed E-state index contributed by atoms with van der Waals surface area (Å²) >= 11 is 0. The molecule has 5 aliphatic rings. The van der Waals surface area contributed by atoms with Gasteiger partial charge in [-0.05, 0) is 208 Å². The highest BCUT2D eigenvalue weighted by atomic mass is 16.9. The highest BCUT2D eigenvalue weighted by molar-refractivity contribution is 6.21. The number of ether oxygens (including phenoxy) is 2. The third kappa shape index (κ3) is 19.2. The zero-order valence-corrected chi connectivity index (χ0v) is 66.7. The number of carbonyl (C=O) groups excluding carboxylic acids is 3. The standard InChI is InChI=1S/C26H35NO2.C25H25NO.C23H27NO2.C21H26N4O4/c1-6-7-8-9-10-18(2)19(3)21-15-23(28)25-22(20-11-13-27-14-12-20)17-26(4,5)29-24(25)16-21;1-2-3-4-9-17-26-18-23(21-14-7-8-16-24(21)26)25(27)22-15-10-12-19-11-5-6-13-20(19)22;1-4-5-6-9-16-24-17(2)22(20-10-7-8-11-21(20)24)23(25)18-12-14-19(26-3)15-13-18;26-20(22-21-11-14-8-15(12-21)10-16(9-14)13-21)19-17-4-1-2-5-18(17)24(23-19)6-3-7-29-25(27)28/h11-19,28H,6-10H2,1-5H3;5-8,10-16,18H,2-4,9,17H2,1H3;7-8,10-15H,4-6,9,16H2,1-3H3;1-2,4-5,14-16H,3,6-13H2,(H,22,26). The molecule has 2 atom stereocenters. The Kier molecular flexibility index (Phi) is 26.8. The van der Waals surface area contributed by atoms with Crippen molar-refractivity contribution in [2.75, 3.05) is 13.7 Å². The van der Waals surface area contributed by atoms with Gasteiger partial charge >= 0.3 is 0 Å². The van der Waals surface area contributed by atoms with Crippen molar-refractivity contribution in [2.24, 2.45) is 23.7 Å². The predicted octanol–water partition coefficient (Wildman–Crippen LogP) is 22.8. The number of phenols is 1. The fourth-order valence-corrected chi connectivity index (χ4v) is 18.1. The largest absolute Gasteiger partial charge is 0.507 e. The molecule has 4 saturated carbocycles. The van der Waals surface area contributed by atoms with Crippen LogP contribution in [0.5, 0.6) is 17.2 Å². The van der Waals surface area contributed by atoms with Crippen LogP contribution in [0.1, 0.15) is 248 Å². The van der Waals surface area contributed by atoms with Gasteiger partial charge in [0.05, 0.1) is 30.4 Å². The van der Waals surface area contributed by atoms with Gasteiger partial charge in [-0.1, -0.05) is 202 Å². The number of phenolic OH excluding ortho intramolecular Hbond substituents is 1. The van der Waals surface area contributed by atoms with Crippen molar-refractivity contribution in [3.63, 3.8) is 0 Å². The molecule has 0 saturated heterocycles. The Morgan fingerprint density at radius 1 is 0.649 bits per heavy atom. The summed E-state index contributed by atoms with van der Waals surface area (Å²) in [6.07, 6.45) is 31.6. The number of para-hydroxylation sites is 3. The van der Waals surface area contributed by atoms with Gasteiger partial charge in [0.25, 0.3) is 11.0 Å². The van der Waals surface area contributed by atoms with Crippen molar-refractivity contribution in [2.45, 2.75) is 220 Å². The molecule has 7 aromatic carbocycles. The maximum absolute atomic E-state index is 13.5. The first-order valence-electron chi connectivity index (χ1n) is 40.9. The molecule has 11 aromatic rings. The van der Waals surface area contributed by atoms with E-state index < -0.39 is 10.7 Å². The number of nitrogens with one attached hydrogen (secondary N) is 1. The smallest absolute Gasteiger partial charge is 0.294 e. The van der Waals surface area contributed by atoms with E-state index in [9.17, 15) is 29.6 Å². The van der Waals surface area contributed by atoms with Gasteiger partial charge in [0.2, 0.25) is 0 Å². The van der Waals surface area contributed by atoms with Crippen LogP contribution in [0.25, 0.3) is 49.1 Å². The van der Waals surface area contributed by atoms with Crippen LogP contribution >= 0.6 is 0 Å².